The van der Waals surface area contributed by atoms with Crippen LogP contribution in [0.15, 0.2) is 10.7 Å². The van der Waals surface area contributed by atoms with E-state index in [1.165, 1.54) is 6.42 Å². The van der Waals surface area contributed by atoms with E-state index in [1.807, 2.05) is 4.90 Å². The lowest BCUT2D eigenvalue weighted by Crippen LogP contribution is -2.39. The number of nitrogens with one attached hydrogen (secondary N) is 1. The van der Waals surface area contributed by atoms with E-state index in [9.17, 15) is 4.79 Å². The van der Waals surface area contributed by atoms with E-state index < -0.39 is 0 Å². The Labute approximate surface area is 114 Å². The molecule has 1 saturated heterocycles. The zero-order valence-corrected chi connectivity index (χ0v) is 11.6. The average Bonchev–Trinajstić information content (AvgIpc) is 2.36. The number of halogens is 1. The molecule has 18 heavy (non-hydrogen) atoms. The number of rotatable bonds is 3. The molecule has 0 aromatic carbocycles. The Hall–Kier alpha value is -1.37. The van der Waals surface area contributed by atoms with Gasteiger partial charge in [0.25, 0.3) is 0 Å². The normalized spacial score (nSPS) is 15.5. The number of carbonyl (C=O) groups excluding carboxylic acids is 1. The molecule has 6 nitrogen and oxygen atoms in total. The number of nitrogen functional groups attached to an aromatic ring is 1. The molecule has 1 aromatic heterocycles. The van der Waals surface area contributed by atoms with Crippen molar-refractivity contribution in [3.63, 3.8) is 0 Å². The molecular weight excluding hydrogens is 298 g/mol. The van der Waals surface area contributed by atoms with Gasteiger partial charge in [-0.1, -0.05) is 0 Å². The Bertz CT molecular complexity index is 413. The first kappa shape index (κ1) is 13.1. The quantitative estimate of drug-likeness (QED) is 0.820. The van der Waals surface area contributed by atoms with Gasteiger partial charge in [-0.3, -0.25) is 4.79 Å². The van der Waals surface area contributed by atoms with E-state index in [1.54, 1.807) is 6.07 Å². The second-order valence-electron chi connectivity index (χ2n) is 4.23. The number of nitrogens with zero attached hydrogens (tertiary/aromatic N) is 3. The maximum Gasteiger partial charge on any atom is 0.241 e. The highest BCUT2D eigenvalue weighted by Gasteiger charge is 2.16. The van der Waals surface area contributed by atoms with E-state index in [0.717, 1.165) is 25.9 Å². The van der Waals surface area contributed by atoms with Gasteiger partial charge in [0.05, 0.1) is 6.54 Å². The Morgan fingerprint density at radius 1 is 1.39 bits per heavy atom. The van der Waals surface area contributed by atoms with Crippen LogP contribution in [0.4, 0.5) is 11.8 Å². The zero-order valence-electron chi connectivity index (χ0n) is 10.0. The molecule has 1 fully saturated rings. The van der Waals surface area contributed by atoms with Gasteiger partial charge in [-0.25, -0.2) is 4.98 Å². The van der Waals surface area contributed by atoms with E-state index >= 15 is 0 Å². The Balaban J connectivity index is 1.88. The number of hydrogen-bond donors (Lipinski definition) is 2. The van der Waals surface area contributed by atoms with Gasteiger partial charge in [-0.05, 0) is 35.2 Å². The van der Waals surface area contributed by atoms with Crippen molar-refractivity contribution in [2.24, 2.45) is 0 Å². The lowest BCUT2D eigenvalue weighted by molar-refractivity contribution is -0.130. The van der Waals surface area contributed by atoms with Gasteiger partial charge in [0, 0.05) is 19.2 Å². The van der Waals surface area contributed by atoms with Crippen molar-refractivity contribution < 1.29 is 4.79 Å². The Morgan fingerprint density at radius 2 is 2.11 bits per heavy atom. The molecule has 0 aliphatic carbocycles. The molecule has 7 heteroatoms. The van der Waals surface area contributed by atoms with Gasteiger partial charge in [0.2, 0.25) is 11.9 Å². The molecule has 3 N–H and O–H groups in total. The number of nitrogens with two attached hydrogens (primary N) is 1. The van der Waals surface area contributed by atoms with Crippen LogP contribution in [0.1, 0.15) is 19.3 Å². The summed E-state index contributed by atoms with van der Waals surface area (Å²) in [5.74, 6) is 0.814. The first-order chi connectivity index (χ1) is 8.65. The third kappa shape index (κ3) is 3.56. The highest BCUT2D eigenvalue weighted by atomic mass is 79.9. The van der Waals surface area contributed by atoms with Crippen LogP contribution < -0.4 is 11.1 Å². The van der Waals surface area contributed by atoms with Gasteiger partial charge >= 0.3 is 0 Å². The van der Waals surface area contributed by atoms with Crippen molar-refractivity contribution in [2.75, 3.05) is 30.7 Å². The smallest absolute Gasteiger partial charge is 0.241 e. The number of likely N-dealkylation sites (tertiary alicyclic amines) is 1. The molecule has 0 saturated carbocycles. The van der Waals surface area contributed by atoms with Crippen molar-refractivity contribution in [1.82, 2.24) is 14.9 Å². The van der Waals surface area contributed by atoms with Crippen LogP contribution in [0.5, 0.6) is 0 Å². The van der Waals surface area contributed by atoms with Crippen LogP contribution in [0.3, 0.4) is 0 Å². The van der Waals surface area contributed by atoms with Crippen molar-refractivity contribution in [1.29, 1.82) is 0 Å². The molecule has 1 aromatic rings. The van der Waals surface area contributed by atoms with Crippen LogP contribution in [0.25, 0.3) is 0 Å². The van der Waals surface area contributed by atoms with Crippen molar-refractivity contribution in [3.05, 3.63) is 10.7 Å². The summed E-state index contributed by atoms with van der Waals surface area (Å²) in [4.78, 5) is 21.9. The van der Waals surface area contributed by atoms with Crippen LogP contribution in [0, 0.1) is 0 Å². The summed E-state index contributed by atoms with van der Waals surface area (Å²) in [6.07, 6.45) is 3.39. The third-order valence-electron chi connectivity index (χ3n) is 2.82. The van der Waals surface area contributed by atoms with E-state index in [-0.39, 0.29) is 12.5 Å². The van der Waals surface area contributed by atoms with Crippen LogP contribution in [0.2, 0.25) is 0 Å². The Kier molecular flexibility index (Phi) is 4.35. The fraction of sp³-hybridized carbons (Fsp3) is 0.545. The molecular formula is C11H16BrN5O. The average molecular weight is 314 g/mol. The summed E-state index contributed by atoms with van der Waals surface area (Å²) >= 11 is 3.23. The van der Waals surface area contributed by atoms with Crippen LogP contribution in [-0.2, 0) is 4.79 Å². The number of piperidine rings is 1. The predicted octanol–water partition coefficient (Wildman–Crippen LogP) is 1.25. The van der Waals surface area contributed by atoms with Gasteiger partial charge in [-0.2, -0.15) is 4.98 Å². The number of hydrogen-bond acceptors (Lipinski definition) is 5. The monoisotopic (exact) mass is 313 g/mol. The molecule has 0 radical (unpaired) electrons. The summed E-state index contributed by atoms with van der Waals surface area (Å²) in [6, 6.07) is 1.61. The minimum Gasteiger partial charge on any atom is -0.383 e. The number of carbonyl (C=O) groups is 1. The molecule has 0 atom stereocenters. The van der Waals surface area contributed by atoms with Crippen LogP contribution >= 0.6 is 15.9 Å². The topological polar surface area (TPSA) is 84.1 Å². The summed E-state index contributed by atoms with van der Waals surface area (Å²) < 4.78 is 0.600. The van der Waals surface area contributed by atoms with Gasteiger partial charge in [-0.15, -0.1) is 0 Å². The van der Waals surface area contributed by atoms with Crippen molar-refractivity contribution in [3.8, 4) is 0 Å². The second-order valence-corrected chi connectivity index (χ2v) is 5.05. The molecule has 2 heterocycles. The number of amides is 1. The van der Waals surface area contributed by atoms with Crippen molar-refractivity contribution in [2.45, 2.75) is 19.3 Å². The highest BCUT2D eigenvalue weighted by molar-refractivity contribution is 9.10. The molecule has 0 spiro atoms. The fourth-order valence-corrected chi connectivity index (χ4v) is 2.33. The standard InChI is InChI=1S/C11H16BrN5O/c12-8-6-9(13)16-11(15-8)14-7-10(18)17-4-2-1-3-5-17/h6H,1-5,7H2,(H3,13,14,15,16). The highest BCUT2D eigenvalue weighted by Crippen LogP contribution is 2.12. The fourth-order valence-electron chi connectivity index (χ4n) is 1.92. The summed E-state index contributed by atoms with van der Waals surface area (Å²) in [5, 5.41) is 2.90. The Morgan fingerprint density at radius 3 is 2.78 bits per heavy atom. The minimum atomic E-state index is 0.0804. The number of anilines is 2. The van der Waals surface area contributed by atoms with E-state index in [2.05, 4.69) is 31.2 Å². The first-order valence-corrected chi connectivity index (χ1v) is 6.76. The summed E-state index contributed by atoms with van der Waals surface area (Å²) in [6.45, 7) is 1.90. The number of aromatic nitrogens is 2. The third-order valence-corrected chi connectivity index (χ3v) is 3.23. The molecule has 1 aliphatic heterocycles. The minimum absolute atomic E-state index is 0.0804. The van der Waals surface area contributed by atoms with Gasteiger partial charge < -0.3 is 16.0 Å². The molecule has 1 aliphatic rings. The largest absolute Gasteiger partial charge is 0.383 e. The van der Waals surface area contributed by atoms with Crippen LogP contribution in [-0.4, -0.2) is 40.4 Å². The molecule has 2 rings (SSSR count). The molecule has 0 bridgehead atoms. The van der Waals surface area contributed by atoms with Gasteiger partial charge in [0.1, 0.15) is 10.4 Å². The summed E-state index contributed by atoms with van der Waals surface area (Å²) in [5.41, 5.74) is 5.59. The van der Waals surface area contributed by atoms with E-state index in [0.29, 0.717) is 16.4 Å². The molecule has 98 valence electrons. The molecule has 1 amide bonds. The SMILES string of the molecule is Nc1cc(Br)nc(NCC(=O)N2CCCCC2)n1. The lowest BCUT2D eigenvalue weighted by atomic mass is 10.1. The predicted molar refractivity (Wildman–Crippen MR) is 73.1 cm³/mol. The first-order valence-electron chi connectivity index (χ1n) is 5.97. The second kappa shape index (κ2) is 5.99. The maximum absolute atomic E-state index is 11.9. The van der Waals surface area contributed by atoms with E-state index in [4.69, 9.17) is 5.73 Å². The maximum atomic E-state index is 11.9. The molecule has 0 unspecified atom stereocenters. The summed E-state index contributed by atoms with van der Waals surface area (Å²) in [7, 11) is 0. The lowest BCUT2D eigenvalue weighted by Gasteiger charge is -2.26. The zero-order chi connectivity index (χ0) is 13.0. The van der Waals surface area contributed by atoms with Crippen molar-refractivity contribution >= 4 is 33.6 Å². The van der Waals surface area contributed by atoms with Gasteiger partial charge in [0.15, 0.2) is 0 Å².